The summed E-state index contributed by atoms with van der Waals surface area (Å²) in [6.07, 6.45) is 3.78. The van der Waals surface area contributed by atoms with Gasteiger partial charge in [0.25, 0.3) is 5.91 Å². The average Bonchev–Trinajstić information content (AvgIpc) is 3.38. The molecule has 140 valence electrons. The highest BCUT2D eigenvalue weighted by Gasteiger charge is 2.19. The van der Waals surface area contributed by atoms with Crippen LogP contribution in [0.4, 0.5) is 0 Å². The smallest absolute Gasteiger partial charge is 0.253 e. The molecule has 1 atom stereocenters. The summed E-state index contributed by atoms with van der Waals surface area (Å²) in [4.78, 5) is 16.5. The predicted molar refractivity (Wildman–Crippen MR) is 99.9 cm³/mol. The van der Waals surface area contributed by atoms with Crippen molar-refractivity contribution in [3.05, 3.63) is 59.9 Å². The van der Waals surface area contributed by atoms with Crippen LogP contribution in [0.2, 0.25) is 0 Å². The van der Waals surface area contributed by atoms with Crippen LogP contribution in [0, 0.1) is 11.3 Å². The third kappa shape index (κ3) is 3.43. The van der Waals surface area contributed by atoms with E-state index in [-0.39, 0.29) is 17.8 Å². The van der Waals surface area contributed by atoms with E-state index in [1.54, 1.807) is 36.4 Å². The summed E-state index contributed by atoms with van der Waals surface area (Å²) in [6, 6.07) is 12.2. The van der Waals surface area contributed by atoms with Crippen LogP contribution in [0.25, 0.3) is 16.9 Å². The van der Waals surface area contributed by atoms with Crippen LogP contribution in [0.3, 0.4) is 0 Å². The second kappa shape index (κ2) is 7.50. The van der Waals surface area contributed by atoms with E-state index in [4.69, 9.17) is 10.00 Å². The van der Waals surface area contributed by atoms with Gasteiger partial charge in [0, 0.05) is 12.8 Å². The number of aromatic nitrogens is 3. The Bertz CT molecular complexity index is 1030. The molecule has 1 aliphatic heterocycles. The maximum absolute atomic E-state index is 12.3. The summed E-state index contributed by atoms with van der Waals surface area (Å²) in [6.45, 7) is 1.18. The van der Waals surface area contributed by atoms with Crippen LogP contribution >= 0.6 is 0 Å². The predicted octanol–water partition coefficient (Wildman–Crippen LogP) is 2.03. The number of rotatable bonds is 4. The summed E-state index contributed by atoms with van der Waals surface area (Å²) < 4.78 is 6.54. The van der Waals surface area contributed by atoms with Gasteiger partial charge in [0.15, 0.2) is 5.82 Å². The Morgan fingerprint density at radius 1 is 1.25 bits per heavy atom. The molecule has 1 aromatic carbocycles. The summed E-state index contributed by atoms with van der Waals surface area (Å²) in [7, 11) is 0. The van der Waals surface area contributed by atoms with E-state index >= 15 is 0 Å². The Morgan fingerprint density at radius 3 is 2.71 bits per heavy atom. The van der Waals surface area contributed by atoms with Crippen LogP contribution in [-0.2, 0) is 4.74 Å². The third-order valence-corrected chi connectivity index (χ3v) is 4.56. The molecule has 3 aromatic rings. The molecule has 1 aliphatic rings. The maximum atomic E-state index is 12.3. The van der Waals surface area contributed by atoms with Crippen molar-refractivity contribution in [1.82, 2.24) is 20.1 Å². The molecule has 4 rings (SSSR count). The van der Waals surface area contributed by atoms with Crippen LogP contribution in [-0.4, -0.2) is 45.0 Å². The van der Waals surface area contributed by atoms with E-state index in [1.165, 1.54) is 17.1 Å². The van der Waals surface area contributed by atoms with Gasteiger partial charge in [-0.05, 0) is 36.2 Å². The lowest BCUT2D eigenvalue weighted by Gasteiger charge is -2.10. The maximum Gasteiger partial charge on any atom is 0.253 e. The highest BCUT2D eigenvalue weighted by atomic mass is 16.5. The lowest BCUT2D eigenvalue weighted by atomic mass is 10.1. The number of benzene rings is 1. The molecule has 0 unspecified atom stereocenters. The number of ether oxygens (including phenoxy) is 1. The van der Waals surface area contributed by atoms with Crippen LogP contribution in [0.15, 0.2) is 48.8 Å². The largest absolute Gasteiger partial charge is 0.493 e. The number of nitrogens with one attached hydrogen (secondary N) is 1. The fourth-order valence-electron chi connectivity index (χ4n) is 3.00. The SMILES string of the molecule is N#Cc1ccc(-c2cnn(-c3ccc(C(=O)N[C@@H]4CCOC4)cn3)c2O)cc1. The van der Waals surface area contributed by atoms with Gasteiger partial charge in [0.2, 0.25) is 5.88 Å². The first kappa shape index (κ1) is 17.7. The lowest BCUT2D eigenvalue weighted by molar-refractivity contribution is 0.0929. The quantitative estimate of drug-likeness (QED) is 0.721. The van der Waals surface area contributed by atoms with E-state index in [0.717, 1.165) is 12.0 Å². The van der Waals surface area contributed by atoms with Crippen molar-refractivity contribution in [1.29, 1.82) is 5.26 Å². The molecular formula is C20H17N5O3. The Morgan fingerprint density at radius 2 is 2.07 bits per heavy atom. The number of hydrogen-bond donors (Lipinski definition) is 2. The molecule has 0 aliphatic carbocycles. The van der Waals surface area contributed by atoms with Gasteiger partial charge in [0.05, 0.1) is 41.6 Å². The van der Waals surface area contributed by atoms with E-state index in [2.05, 4.69) is 21.5 Å². The summed E-state index contributed by atoms with van der Waals surface area (Å²) >= 11 is 0. The molecular weight excluding hydrogens is 358 g/mol. The molecule has 3 heterocycles. The monoisotopic (exact) mass is 375 g/mol. The Balaban J connectivity index is 1.53. The van der Waals surface area contributed by atoms with Crippen LogP contribution in [0.1, 0.15) is 22.3 Å². The Hall–Kier alpha value is -3.70. The zero-order valence-corrected chi connectivity index (χ0v) is 14.9. The van der Waals surface area contributed by atoms with Gasteiger partial charge >= 0.3 is 0 Å². The number of amides is 1. The van der Waals surface area contributed by atoms with Crippen molar-refractivity contribution in [3.63, 3.8) is 0 Å². The van der Waals surface area contributed by atoms with Crippen molar-refractivity contribution in [3.8, 4) is 28.9 Å². The molecule has 1 amide bonds. The second-order valence-electron chi connectivity index (χ2n) is 6.42. The summed E-state index contributed by atoms with van der Waals surface area (Å²) in [5, 5.41) is 26.5. The van der Waals surface area contributed by atoms with E-state index in [1.807, 2.05) is 0 Å². The highest BCUT2D eigenvalue weighted by Crippen LogP contribution is 2.30. The van der Waals surface area contributed by atoms with Crippen LogP contribution < -0.4 is 5.32 Å². The number of aromatic hydroxyl groups is 1. The number of nitriles is 1. The minimum absolute atomic E-state index is 0.0253. The van der Waals surface area contributed by atoms with Crippen molar-refractivity contribution >= 4 is 5.91 Å². The van der Waals surface area contributed by atoms with E-state index < -0.39 is 0 Å². The first-order valence-electron chi connectivity index (χ1n) is 8.78. The number of carbonyl (C=O) groups excluding carboxylic acids is 1. The molecule has 1 fully saturated rings. The fourth-order valence-corrected chi connectivity index (χ4v) is 3.00. The van der Waals surface area contributed by atoms with Gasteiger partial charge in [-0.3, -0.25) is 4.79 Å². The number of nitrogens with zero attached hydrogens (tertiary/aromatic N) is 4. The van der Waals surface area contributed by atoms with Crippen molar-refractivity contribution in [2.45, 2.75) is 12.5 Å². The second-order valence-corrected chi connectivity index (χ2v) is 6.42. The van der Waals surface area contributed by atoms with Gasteiger partial charge in [0.1, 0.15) is 0 Å². The summed E-state index contributed by atoms with van der Waals surface area (Å²) in [5.41, 5.74) is 2.22. The lowest BCUT2D eigenvalue weighted by Crippen LogP contribution is -2.35. The number of carbonyl (C=O) groups is 1. The van der Waals surface area contributed by atoms with Gasteiger partial charge in [-0.2, -0.15) is 15.0 Å². The Labute approximate surface area is 161 Å². The minimum Gasteiger partial charge on any atom is -0.493 e. The molecule has 1 saturated heterocycles. The third-order valence-electron chi connectivity index (χ3n) is 4.56. The number of hydrogen-bond acceptors (Lipinski definition) is 6. The Kier molecular flexibility index (Phi) is 4.74. The molecule has 28 heavy (non-hydrogen) atoms. The minimum atomic E-state index is -0.211. The highest BCUT2D eigenvalue weighted by molar-refractivity contribution is 5.94. The van der Waals surface area contributed by atoms with Crippen molar-refractivity contribution in [2.24, 2.45) is 0 Å². The molecule has 8 nitrogen and oxygen atoms in total. The molecule has 8 heteroatoms. The van der Waals surface area contributed by atoms with Gasteiger partial charge < -0.3 is 15.2 Å². The standard InChI is InChI=1S/C20H17N5O3/c21-9-13-1-3-14(4-2-13)17-11-23-25(20(17)27)18-6-5-15(10-22-18)19(26)24-16-7-8-28-12-16/h1-6,10-11,16,27H,7-8,12H2,(H,24,26)/t16-/m1/s1. The zero-order chi connectivity index (χ0) is 19.5. The van der Waals surface area contributed by atoms with Gasteiger partial charge in [-0.25, -0.2) is 4.98 Å². The molecule has 0 radical (unpaired) electrons. The van der Waals surface area contributed by atoms with Gasteiger partial charge in [-0.15, -0.1) is 0 Å². The summed E-state index contributed by atoms with van der Waals surface area (Å²) in [5.74, 6) is 0.105. The van der Waals surface area contributed by atoms with E-state index in [0.29, 0.717) is 35.7 Å². The van der Waals surface area contributed by atoms with Gasteiger partial charge in [-0.1, -0.05) is 12.1 Å². The fraction of sp³-hybridized carbons (Fsp3) is 0.200. The van der Waals surface area contributed by atoms with Crippen LogP contribution in [0.5, 0.6) is 5.88 Å². The topological polar surface area (TPSA) is 113 Å². The van der Waals surface area contributed by atoms with E-state index in [9.17, 15) is 9.90 Å². The van der Waals surface area contributed by atoms with Crippen molar-refractivity contribution < 1.29 is 14.6 Å². The van der Waals surface area contributed by atoms with Crippen molar-refractivity contribution in [2.75, 3.05) is 13.2 Å². The average molecular weight is 375 g/mol. The molecule has 2 aromatic heterocycles. The molecule has 0 saturated carbocycles. The number of pyridine rings is 1. The first-order valence-corrected chi connectivity index (χ1v) is 8.78. The normalized spacial score (nSPS) is 15.9. The molecule has 2 N–H and O–H groups in total. The zero-order valence-electron chi connectivity index (χ0n) is 14.9. The molecule has 0 spiro atoms. The first-order chi connectivity index (χ1) is 13.7. The molecule has 0 bridgehead atoms.